The number of nitrogens with one attached hydrogen (secondary N) is 1. The third-order valence-electron chi connectivity index (χ3n) is 2.79. The van der Waals surface area contributed by atoms with Crippen LogP contribution in [0.5, 0.6) is 0 Å². The van der Waals surface area contributed by atoms with E-state index in [0.29, 0.717) is 0 Å². The van der Waals surface area contributed by atoms with Crippen molar-refractivity contribution in [3.8, 4) is 11.1 Å². The number of rotatable bonds is 1. The van der Waals surface area contributed by atoms with E-state index in [9.17, 15) is 0 Å². The van der Waals surface area contributed by atoms with Crippen molar-refractivity contribution < 1.29 is 0 Å². The van der Waals surface area contributed by atoms with Gasteiger partial charge in [-0.15, -0.1) is 0 Å². The zero-order valence-electron chi connectivity index (χ0n) is 8.77. The predicted octanol–water partition coefficient (Wildman–Crippen LogP) is 3.42. The minimum Gasteiger partial charge on any atom is -0.399 e. The van der Waals surface area contributed by atoms with Gasteiger partial charge >= 0.3 is 0 Å². The molecule has 0 amide bonds. The van der Waals surface area contributed by atoms with Gasteiger partial charge in [0.25, 0.3) is 0 Å². The van der Waals surface area contributed by atoms with E-state index in [1.165, 1.54) is 10.9 Å². The predicted molar refractivity (Wildman–Crippen MR) is 68.1 cm³/mol. The maximum Gasteiger partial charge on any atom is 0.0460 e. The number of nitrogen functional groups attached to an aromatic ring is 1. The van der Waals surface area contributed by atoms with Crippen LogP contribution in [0.3, 0.4) is 0 Å². The Morgan fingerprint density at radius 1 is 0.938 bits per heavy atom. The number of hydrogen-bond donors (Lipinski definition) is 2. The van der Waals surface area contributed by atoms with Gasteiger partial charge in [0, 0.05) is 22.8 Å². The molecule has 0 bridgehead atoms. The summed E-state index contributed by atoms with van der Waals surface area (Å²) in [5.41, 5.74) is 10.1. The summed E-state index contributed by atoms with van der Waals surface area (Å²) < 4.78 is 0. The Balaban J connectivity index is 2.29. The molecule has 0 saturated heterocycles. The number of aromatic nitrogens is 1. The molecule has 0 aliphatic carbocycles. The summed E-state index contributed by atoms with van der Waals surface area (Å²) >= 11 is 0. The molecule has 3 N–H and O–H groups in total. The summed E-state index contributed by atoms with van der Waals surface area (Å²) in [6.45, 7) is 0. The van der Waals surface area contributed by atoms with Gasteiger partial charge < -0.3 is 10.7 Å². The lowest BCUT2D eigenvalue weighted by atomic mass is 10.0. The minimum atomic E-state index is 0.796. The lowest BCUT2D eigenvalue weighted by Crippen LogP contribution is -1.85. The molecule has 2 heteroatoms. The number of hydrogen-bond acceptors (Lipinski definition) is 1. The molecule has 0 atom stereocenters. The van der Waals surface area contributed by atoms with Gasteiger partial charge in [0.2, 0.25) is 0 Å². The van der Waals surface area contributed by atoms with Gasteiger partial charge in [0.15, 0.2) is 0 Å². The first-order valence-corrected chi connectivity index (χ1v) is 5.26. The summed E-state index contributed by atoms with van der Waals surface area (Å²) in [6.07, 6.45) is 1.96. The fraction of sp³-hybridized carbons (Fsp3) is 0. The van der Waals surface area contributed by atoms with Crippen LogP contribution in [0.25, 0.3) is 22.0 Å². The van der Waals surface area contributed by atoms with Gasteiger partial charge in [-0.1, -0.05) is 24.3 Å². The highest BCUT2D eigenvalue weighted by Crippen LogP contribution is 2.28. The van der Waals surface area contributed by atoms with Crippen molar-refractivity contribution in [3.63, 3.8) is 0 Å². The first-order valence-electron chi connectivity index (χ1n) is 5.26. The van der Waals surface area contributed by atoms with Gasteiger partial charge in [-0.25, -0.2) is 0 Å². The van der Waals surface area contributed by atoms with Crippen LogP contribution in [-0.4, -0.2) is 4.98 Å². The molecular formula is C14H12N2. The molecule has 1 aromatic heterocycles. The number of benzene rings is 2. The lowest BCUT2D eigenvalue weighted by molar-refractivity contribution is 1.48. The fourth-order valence-corrected chi connectivity index (χ4v) is 2.04. The number of anilines is 1. The van der Waals surface area contributed by atoms with Gasteiger partial charge in [-0.2, -0.15) is 0 Å². The first-order chi connectivity index (χ1) is 7.84. The molecule has 0 saturated carbocycles. The van der Waals surface area contributed by atoms with E-state index in [2.05, 4.69) is 35.3 Å². The summed E-state index contributed by atoms with van der Waals surface area (Å²) in [5, 5.41) is 1.23. The van der Waals surface area contributed by atoms with Crippen LogP contribution in [-0.2, 0) is 0 Å². The Kier molecular flexibility index (Phi) is 1.93. The minimum absolute atomic E-state index is 0.796. The van der Waals surface area contributed by atoms with E-state index in [4.69, 9.17) is 5.73 Å². The summed E-state index contributed by atoms with van der Waals surface area (Å²) in [7, 11) is 0. The summed E-state index contributed by atoms with van der Waals surface area (Å²) in [5.74, 6) is 0. The van der Waals surface area contributed by atoms with Crippen molar-refractivity contribution in [2.45, 2.75) is 0 Å². The normalized spacial score (nSPS) is 10.8. The van der Waals surface area contributed by atoms with E-state index >= 15 is 0 Å². The van der Waals surface area contributed by atoms with Crippen molar-refractivity contribution in [3.05, 3.63) is 54.7 Å². The van der Waals surface area contributed by atoms with Gasteiger partial charge in [-0.3, -0.25) is 0 Å². The molecule has 0 spiro atoms. The number of nitrogens with two attached hydrogens (primary N) is 1. The second-order valence-corrected chi connectivity index (χ2v) is 3.87. The van der Waals surface area contributed by atoms with Crippen molar-refractivity contribution in [1.82, 2.24) is 4.98 Å². The lowest BCUT2D eigenvalue weighted by Gasteiger charge is -2.04. The molecule has 0 aliphatic rings. The molecule has 0 fully saturated rings. The van der Waals surface area contributed by atoms with Gasteiger partial charge in [0.05, 0.1) is 0 Å². The van der Waals surface area contributed by atoms with Crippen LogP contribution < -0.4 is 5.73 Å². The van der Waals surface area contributed by atoms with Gasteiger partial charge in [0.1, 0.15) is 0 Å². The van der Waals surface area contributed by atoms with Crippen LogP contribution in [0.1, 0.15) is 0 Å². The third-order valence-corrected chi connectivity index (χ3v) is 2.79. The average Bonchev–Trinajstić information content (AvgIpc) is 2.76. The monoisotopic (exact) mass is 208 g/mol. The first kappa shape index (κ1) is 9.04. The van der Waals surface area contributed by atoms with Crippen molar-refractivity contribution >= 4 is 16.6 Å². The van der Waals surface area contributed by atoms with Crippen LogP contribution in [0.2, 0.25) is 0 Å². The summed E-state index contributed by atoms with van der Waals surface area (Å²) in [6, 6.07) is 16.3. The quantitative estimate of drug-likeness (QED) is 0.591. The molecule has 3 rings (SSSR count). The molecule has 1 heterocycles. The van der Waals surface area contributed by atoms with Crippen molar-refractivity contribution in [2.24, 2.45) is 0 Å². The number of fused-ring (bicyclic) bond motifs is 1. The molecule has 3 aromatic rings. The third kappa shape index (κ3) is 1.36. The summed E-state index contributed by atoms with van der Waals surface area (Å²) in [4.78, 5) is 3.21. The Labute approximate surface area is 93.7 Å². The highest BCUT2D eigenvalue weighted by molar-refractivity contribution is 5.95. The topological polar surface area (TPSA) is 41.8 Å². The molecular weight excluding hydrogens is 196 g/mol. The zero-order valence-corrected chi connectivity index (χ0v) is 8.77. The molecule has 16 heavy (non-hydrogen) atoms. The standard InChI is InChI=1S/C14H12N2/c15-11-4-1-3-10(9-11)12-5-2-6-14-13(12)7-8-16-14/h1-9,16H,15H2. The Bertz CT molecular complexity index is 638. The second kappa shape index (κ2) is 3.42. The molecule has 0 aliphatic heterocycles. The SMILES string of the molecule is Nc1cccc(-c2cccc3[nH]ccc23)c1. The number of aromatic amines is 1. The maximum atomic E-state index is 5.81. The highest BCUT2D eigenvalue weighted by Gasteiger charge is 2.03. The van der Waals surface area contributed by atoms with E-state index in [1.807, 2.05) is 24.4 Å². The van der Waals surface area contributed by atoms with E-state index in [-0.39, 0.29) is 0 Å². The van der Waals surface area contributed by atoms with Gasteiger partial charge in [-0.05, 0) is 35.4 Å². The Hall–Kier alpha value is -2.22. The van der Waals surface area contributed by atoms with Crippen molar-refractivity contribution in [2.75, 3.05) is 5.73 Å². The maximum absolute atomic E-state index is 5.81. The second-order valence-electron chi connectivity index (χ2n) is 3.87. The van der Waals surface area contributed by atoms with E-state index < -0.39 is 0 Å². The molecule has 2 nitrogen and oxygen atoms in total. The molecule has 0 radical (unpaired) electrons. The Morgan fingerprint density at radius 3 is 2.69 bits per heavy atom. The van der Waals surface area contributed by atoms with E-state index in [1.54, 1.807) is 0 Å². The van der Waals surface area contributed by atoms with Crippen molar-refractivity contribution in [1.29, 1.82) is 0 Å². The number of H-pyrrole nitrogens is 1. The molecule has 2 aromatic carbocycles. The Morgan fingerprint density at radius 2 is 1.81 bits per heavy atom. The smallest absolute Gasteiger partial charge is 0.0460 e. The highest BCUT2D eigenvalue weighted by atomic mass is 14.7. The van der Waals surface area contributed by atoms with E-state index in [0.717, 1.165) is 16.8 Å². The largest absolute Gasteiger partial charge is 0.399 e. The average molecular weight is 208 g/mol. The zero-order chi connectivity index (χ0) is 11.0. The fourth-order valence-electron chi connectivity index (χ4n) is 2.04. The molecule has 0 unspecified atom stereocenters. The van der Waals surface area contributed by atoms with Crippen LogP contribution >= 0.6 is 0 Å². The van der Waals surface area contributed by atoms with Crippen LogP contribution in [0, 0.1) is 0 Å². The van der Waals surface area contributed by atoms with Crippen LogP contribution in [0.15, 0.2) is 54.7 Å². The van der Waals surface area contributed by atoms with Crippen LogP contribution in [0.4, 0.5) is 5.69 Å². The molecule has 78 valence electrons.